The molecule has 120 valence electrons. The molecule has 0 N–H and O–H groups in total. The third-order valence-electron chi connectivity index (χ3n) is 3.04. The Bertz CT molecular complexity index is 711. The number of carbonyl (C=O) groups is 1. The second-order valence-corrected chi connectivity index (χ2v) is 6.56. The van der Waals surface area contributed by atoms with Crippen molar-refractivity contribution in [2.75, 3.05) is 0 Å². The van der Waals surface area contributed by atoms with Crippen LogP contribution in [0.5, 0.6) is 5.75 Å². The first-order chi connectivity index (χ1) is 10.1. The highest BCUT2D eigenvalue weighted by molar-refractivity contribution is 5.92. The zero-order chi connectivity index (χ0) is 16.7. The number of fused-ring (bicyclic) bond motifs is 1. The van der Waals surface area contributed by atoms with Gasteiger partial charge in [-0.3, -0.25) is 0 Å². The van der Waals surface area contributed by atoms with Gasteiger partial charge in [-0.25, -0.2) is 13.8 Å². The second kappa shape index (κ2) is 5.63. The molecule has 0 saturated heterocycles. The van der Waals surface area contributed by atoms with E-state index in [4.69, 9.17) is 9.47 Å². The molecule has 2 aromatic rings. The van der Waals surface area contributed by atoms with Crippen molar-refractivity contribution in [3.63, 3.8) is 0 Å². The van der Waals surface area contributed by atoms with Crippen LogP contribution >= 0.6 is 0 Å². The molecular formula is C17H22FNO3. The largest absolute Gasteiger partial charge is 0.488 e. The van der Waals surface area contributed by atoms with Crippen LogP contribution in [0.3, 0.4) is 0 Å². The van der Waals surface area contributed by atoms with E-state index < -0.39 is 11.9 Å². The maximum absolute atomic E-state index is 14.4. The van der Waals surface area contributed by atoms with Gasteiger partial charge in [0.1, 0.15) is 11.4 Å². The molecule has 0 bridgehead atoms. The SMILES string of the molecule is Cc1c(F)c2cc(OC(C)(C)C)ccc2n1C(=O)OC(C)C. The topological polar surface area (TPSA) is 40.5 Å². The lowest BCUT2D eigenvalue weighted by Gasteiger charge is -2.21. The molecule has 0 amide bonds. The van der Waals surface area contributed by atoms with E-state index in [-0.39, 0.29) is 17.4 Å². The van der Waals surface area contributed by atoms with Gasteiger partial charge in [0.05, 0.1) is 17.3 Å². The van der Waals surface area contributed by atoms with Gasteiger partial charge in [0.25, 0.3) is 0 Å². The van der Waals surface area contributed by atoms with Gasteiger partial charge in [0.15, 0.2) is 5.82 Å². The highest BCUT2D eigenvalue weighted by Crippen LogP contribution is 2.30. The van der Waals surface area contributed by atoms with Crippen molar-refractivity contribution in [2.45, 2.75) is 53.2 Å². The molecule has 1 aromatic carbocycles. The minimum atomic E-state index is -0.578. The number of hydrogen-bond donors (Lipinski definition) is 0. The van der Waals surface area contributed by atoms with Crippen molar-refractivity contribution >= 4 is 17.0 Å². The van der Waals surface area contributed by atoms with Crippen LogP contribution in [0, 0.1) is 12.7 Å². The molecule has 1 heterocycles. The van der Waals surface area contributed by atoms with E-state index in [0.717, 1.165) is 0 Å². The minimum absolute atomic E-state index is 0.230. The number of ether oxygens (including phenoxy) is 2. The van der Waals surface area contributed by atoms with E-state index in [1.54, 1.807) is 39.0 Å². The van der Waals surface area contributed by atoms with Crippen LogP contribution in [-0.4, -0.2) is 22.4 Å². The summed E-state index contributed by atoms with van der Waals surface area (Å²) in [7, 11) is 0. The fraction of sp³-hybridized carbons (Fsp3) is 0.471. The Balaban J connectivity index is 2.52. The maximum atomic E-state index is 14.4. The van der Waals surface area contributed by atoms with Crippen LogP contribution < -0.4 is 4.74 Å². The first kappa shape index (κ1) is 16.3. The highest BCUT2D eigenvalue weighted by atomic mass is 19.1. The lowest BCUT2D eigenvalue weighted by molar-refractivity contribution is 0.117. The summed E-state index contributed by atoms with van der Waals surface area (Å²) in [5.74, 6) is 0.128. The average Bonchev–Trinajstić information content (AvgIpc) is 2.59. The fourth-order valence-electron chi connectivity index (χ4n) is 2.27. The molecule has 0 radical (unpaired) electrons. The smallest absolute Gasteiger partial charge is 0.419 e. The van der Waals surface area contributed by atoms with Gasteiger partial charge in [0.2, 0.25) is 0 Å². The molecule has 2 rings (SSSR count). The summed E-state index contributed by atoms with van der Waals surface area (Å²) in [4.78, 5) is 12.2. The zero-order valence-corrected chi connectivity index (χ0v) is 13.9. The predicted octanol–water partition coefficient (Wildman–Crippen LogP) is 4.66. The molecule has 0 spiro atoms. The van der Waals surface area contributed by atoms with Gasteiger partial charge in [-0.1, -0.05) is 0 Å². The number of benzene rings is 1. The summed E-state index contributed by atoms with van der Waals surface area (Å²) in [6.07, 6.45) is -0.846. The van der Waals surface area contributed by atoms with Crippen LogP contribution in [0.4, 0.5) is 9.18 Å². The Labute approximate surface area is 129 Å². The number of carbonyl (C=O) groups excluding carboxylic acids is 1. The van der Waals surface area contributed by atoms with E-state index in [1.165, 1.54) is 4.57 Å². The third kappa shape index (κ3) is 3.24. The lowest BCUT2D eigenvalue weighted by atomic mass is 10.2. The molecule has 1 aromatic heterocycles. The lowest BCUT2D eigenvalue weighted by Crippen LogP contribution is -2.22. The van der Waals surface area contributed by atoms with Gasteiger partial charge >= 0.3 is 6.09 Å². The molecule has 5 heteroatoms. The van der Waals surface area contributed by atoms with E-state index in [0.29, 0.717) is 16.7 Å². The molecule has 4 nitrogen and oxygen atoms in total. The van der Waals surface area contributed by atoms with E-state index in [2.05, 4.69) is 0 Å². The van der Waals surface area contributed by atoms with Crippen molar-refractivity contribution in [1.29, 1.82) is 0 Å². The fourth-order valence-corrected chi connectivity index (χ4v) is 2.27. The van der Waals surface area contributed by atoms with Gasteiger partial charge < -0.3 is 9.47 Å². The third-order valence-corrected chi connectivity index (χ3v) is 3.04. The standard InChI is InChI=1S/C17H22FNO3/c1-10(2)21-16(20)19-11(3)15(18)13-9-12(7-8-14(13)19)22-17(4,5)6/h7-10H,1-6H3. The van der Waals surface area contributed by atoms with Crippen LogP contribution in [0.15, 0.2) is 18.2 Å². The van der Waals surface area contributed by atoms with Crippen LogP contribution in [0.25, 0.3) is 10.9 Å². The van der Waals surface area contributed by atoms with Crippen molar-refractivity contribution in [2.24, 2.45) is 0 Å². The first-order valence-electron chi connectivity index (χ1n) is 7.30. The van der Waals surface area contributed by atoms with Crippen molar-refractivity contribution in [3.8, 4) is 5.75 Å². The Morgan fingerprint density at radius 2 is 1.91 bits per heavy atom. The van der Waals surface area contributed by atoms with E-state index in [1.807, 2.05) is 20.8 Å². The quantitative estimate of drug-likeness (QED) is 0.810. The summed E-state index contributed by atoms with van der Waals surface area (Å²) in [5.41, 5.74) is 0.327. The molecule has 22 heavy (non-hydrogen) atoms. The predicted molar refractivity (Wildman–Crippen MR) is 84.0 cm³/mol. The monoisotopic (exact) mass is 307 g/mol. The van der Waals surface area contributed by atoms with Crippen molar-refractivity contribution in [3.05, 3.63) is 29.7 Å². The molecule has 0 saturated carbocycles. The molecule has 0 unspecified atom stereocenters. The number of halogens is 1. The van der Waals surface area contributed by atoms with Gasteiger partial charge in [-0.05, 0) is 59.7 Å². The Kier molecular flexibility index (Phi) is 4.18. The zero-order valence-electron chi connectivity index (χ0n) is 13.9. The molecule has 0 fully saturated rings. The van der Waals surface area contributed by atoms with Crippen molar-refractivity contribution < 1.29 is 18.7 Å². The normalized spacial score (nSPS) is 12.0. The molecular weight excluding hydrogens is 285 g/mol. The molecule has 0 aliphatic heterocycles. The van der Waals surface area contributed by atoms with Gasteiger partial charge in [-0.2, -0.15) is 0 Å². The van der Waals surface area contributed by atoms with Gasteiger partial charge in [-0.15, -0.1) is 0 Å². The summed E-state index contributed by atoms with van der Waals surface area (Å²) >= 11 is 0. The van der Waals surface area contributed by atoms with E-state index in [9.17, 15) is 9.18 Å². The van der Waals surface area contributed by atoms with Gasteiger partial charge in [0, 0.05) is 5.39 Å². The van der Waals surface area contributed by atoms with Crippen molar-refractivity contribution in [1.82, 2.24) is 4.57 Å². The maximum Gasteiger partial charge on any atom is 0.419 e. The Morgan fingerprint density at radius 1 is 1.27 bits per heavy atom. The number of aromatic nitrogens is 1. The second-order valence-electron chi connectivity index (χ2n) is 6.56. The van der Waals surface area contributed by atoms with Crippen LogP contribution in [0.1, 0.15) is 40.3 Å². The summed E-state index contributed by atoms with van der Waals surface area (Å²) in [6, 6.07) is 5.02. The minimum Gasteiger partial charge on any atom is -0.488 e. The number of rotatable bonds is 2. The number of nitrogens with zero attached hydrogens (tertiary/aromatic N) is 1. The summed E-state index contributed by atoms with van der Waals surface area (Å²) in [5, 5.41) is 0.347. The average molecular weight is 307 g/mol. The first-order valence-corrected chi connectivity index (χ1v) is 7.30. The summed E-state index contributed by atoms with van der Waals surface area (Å²) < 4.78 is 26.6. The number of hydrogen-bond acceptors (Lipinski definition) is 3. The molecule has 0 atom stereocenters. The Morgan fingerprint density at radius 3 is 2.45 bits per heavy atom. The Hall–Kier alpha value is -2.04. The highest BCUT2D eigenvalue weighted by Gasteiger charge is 2.22. The van der Waals surface area contributed by atoms with Crippen LogP contribution in [-0.2, 0) is 4.74 Å². The van der Waals surface area contributed by atoms with E-state index >= 15 is 0 Å². The molecule has 0 aliphatic carbocycles. The van der Waals surface area contributed by atoms with Crippen LogP contribution in [0.2, 0.25) is 0 Å². The summed E-state index contributed by atoms with van der Waals surface area (Å²) in [6.45, 7) is 10.8. The molecule has 0 aliphatic rings.